The summed E-state index contributed by atoms with van der Waals surface area (Å²) in [4.78, 5) is 21.4. The molecule has 0 spiro atoms. The molecule has 2 heterocycles. The fourth-order valence-electron chi connectivity index (χ4n) is 3.54. The summed E-state index contributed by atoms with van der Waals surface area (Å²) in [6, 6.07) is 4.51. The van der Waals surface area contributed by atoms with E-state index in [9.17, 15) is 4.79 Å². The minimum Gasteiger partial charge on any atom is -0.443 e. The van der Waals surface area contributed by atoms with Crippen LogP contribution >= 0.6 is 0 Å². The quantitative estimate of drug-likeness (QED) is 0.726. The first-order valence-electron chi connectivity index (χ1n) is 9.95. The van der Waals surface area contributed by atoms with E-state index in [0.29, 0.717) is 11.9 Å². The highest BCUT2D eigenvalue weighted by Crippen LogP contribution is 2.31. The van der Waals surface area contributed by atoms with Gasteiger partial charge in [0.1, 0.15) is 11.4 Å². The summed E-state index contributed by atoms with van der Waals surface area (Å²) in [6.45, 7) is 14.1. The Labute approximate surface area is 158 Å². The zero-order valence-corrected chi connectivity index (χ0v) is 17.3. The second-order valence-electron chi connectivity index (χ2n) is 8.44. The number of hydrogen-bond acceptors (Lipinski definition) is 4. The number of nitrogens with zero attached hydrogens (tertiary/aromatic N) is 3. The summed E-state index contributed by atoms with van der Waals surface area (Å²) in [5.74, 6) is 0.649. The molecule has 1 aromatic rings. The van der Waals surface area contributed by atoms with E-state index in [1.165, 1.54) is 31.2 Å². The maximum absolute atomic E-state index is 12.6. The van der Waals surface area contributed by atoms with Gasteiger partial charge in [-0.15, -0.1) is 0 Å². The Balaban J connectivity index is 2.19. The third kappa shape index (κ3) is 5.44. The number of anilines is 1. The van der Waals surface area contributed by atoms with Crippen molar-refractivity contribution < 1.29 is 9.53 Å². The molecule has 0 aromatic carbocycles. The van der Waals surface area contributed by atoms with Crippen LogP contribution in [-0.4, -0.2) is 40.7 Å². The van der Waals surface area contributed by atoms with E-state index in [0.717, 1.165) is 13.1 Å². The van der Waals surface area contributed by atoms with Crippen LogP contribution in [0, 0.1) is 0 Å². The minimum absolute atomic E-state index is 0.0190. The molecule has 0 unspecified atom stereocenters. The third-order valence-corrected chi connectivity index (χ3v) is 4.63. The number of carbonyl (C=O) groups excluding carboxylic acids is 1. The van der Waals surface area contributed by atoms with Crippen LogP contribution in [0.1, 0.15) is 78.8 Å². The Morgan fingerprint density at radius 1 is 1.35 bits per heavy atom. The molecule has 2 rings (SSSR count). The van der Waals surface area contributed by atoms with Gasteiger partial charge in [0.05, 0.1) is 0 Å². The molecule has 1 amide bonds. The van der Waals surface area contributed by atoms with Gasteiger partial charge in [0, 0.05) is 18.3 Å². The first kappa shape index (κ1) is 20.7. The molecule has 1 aliphatic heterocycles. The van der Waals surface area contributed by atoms with Crippen molar-refractivity contribution in [2.45, 2.75) is 84.9 Å². The molecule has 0 saturated carbocycles. The Kier molecular flexibility index (Phi) is 7.04. The van der Waals surface area contributed by atoms with Crippen molar-refractivity contribution in [3.05, 3.63) is 23.9 Å². The zero-order chi connectivity index (χ0) is 19.3. The molecule has 1 atom stereocenters. The van der Waals surface area contributed by atoms with Crippen LogP contribution < -0.4 is 4.90 Å². The Morgan fingerprint density at radius 3 is 2.62 bits per heavy atom. The molecule has 26 heavy (non-hydrogen) atoms. The molecule has 0 bridgehead atoms. The van der Waals surface area contributed by atoms with Crippen molar-refractivity contribution in [1.82, 2.24) is 9.88 Å². The van der Waals surface area contributed by atoms with E-state index in [4.69, 9.17) is 4.74 Å². The molecule has 146 valence electrons. The Hall–Kier alpha value is -1.62. The summed E-state index contributed by atoms with van der Waals surface area (Å²) in [7, 11) is 0. The summed E-state index contributed by atoms with van der Waals surface area (Å²) in [5, 5.41) is 0. The number of rotatable bonds is 5. The SMILES string of the molecule is CCCN1CCCC[C@@H]1c1ccc(N(C(=O)OC(C)(C)C)C(C)C)nc1. The number of hydrogen-bond donors (Lipinski definition) is 0. The number of amides is 1. The predicted octanol–water partition coefficient (Wildman–Crippen LogP) is 5.17. The molecule has 1 saturated heterocycles. The van der Waals surface area contributed by atoms with Gasteiger partial charge in [0.25, 0.3) is 0 Å². The van der Waals surface area contributed by atoms with Crippen LogP contribution in [0.25, 0.3) is 0 Å². The fraction of sp³-hybridized carbons (Fsp3) is 0.714. The highest BCUT2D eigenvalue weighted by atomic mass is 16.6. The lowest BCUT2D eigenvalue weighted by molar-refractivity contribution is 0.0569. The summed E-state index contributed by atoms with van der Waals surface area (Å²) in [5.41, 5.74) is 0.724. The average Bonchev–Trinajstić information content (AvgIpc) is 2.54. The van der Waals surface area contributed by atoms with Crippen LogP contribution in [0.5, 0.6) is 0 Å². The molecule has 0 radical (unpaired) electrons. The predicted molar refractivity (Wildman–Crippen MR) is 107 cm³/mol. The molecule has 0 N–H and O–H groups in total. The van der Waals surface area contributed by atoms with Crippen molar-refractivity contribution >= 4 is 11.9 Å². The minimum atomic E-state index is -0.521. The van der Waals surface area contributed by atoms with Crippen LogP contribution in [0.15, 0.2) is 18.3 Å². The third-order valence-electron chi connectivity index (χ3n) is 4.63. The highest BCUT2D eigenvalue weighted by molar-refractivity contribution is 5.87. The van der Waals surface area contributed by atoms with Gasteiger partial charge in [0.2, 0.25) is 0 Å². The van der Waals surface area contributed by atoms with Gasteiger partial charge in [-0.2, -0.15) is 0 Å². The molecule has 5 heteroatoms. The summed E-state index contributed by atoms with van der Waals surface area (Å²) < 4.78 is 5.55. The normalized spacial score (nSPS) is 18.8. The maximum atomic E-state index is 12.6. The van der Waals surface area contributed by atoms with Crippen LogP contribution in [-0.2, 0) is 4.74 Å². The van der Waals surface area contributed by atoms with Crippen LogP contribution in [0.3, 0.4) is 0 Å². The lowest BCUT2D eigenvalue weighted by Gasteiger charge is -2.36. The van der Waals surface area contributed by atoms with E-state index < -0.39 is 5.60 Å². The Morgan fingerprint density at radius 2 is 2.08 bits per heavy atom. The number of pyridine rings is 1. The van der Waals surface area contributed by atoms with E-state index in [1.54, 1.807) is 4.90 Å². The topological polar surface area (TPSA) is 45.7 Å². The molecular formula is C21H35N3O2. The first-order valence-corrected chi connectivity index (χ1v) is 9.95. The van der Waals surface area contributed by atoms with Gasteiger partial charge < -0.3 is 4.74 Å². The van der Waals surface area contributed by atoms with E-state index in [1.807, 2.05) is 46.9 Å². The van der Waals surface area contributed by atoms with Gasteiger partial charge in [0.15, 0.2) is 0 Å². The lowest BCUT2D eigenvalue weighted by atomic mass is 9.96. The average molecular weight is 362 g/mol. The number of carbonyl (C=O) groups is 1. The number of aromatic nitrogens is 1. The number of likely N-dealkylation sites (tertiary alicyclic amines) is 1. The van der Waals surface area contributed by atoms with Gasteiger partial charge in [-0.3, -0.25) is 9.80 Å². The van der Waals surface area contributed by atoms with Crippen LogP contribution in [0.2, 0.25) is 0 Å². The summed E-state index contributed by atoms with van der Waals surface area (Å²) >= 11 is 0. The van der Waals surface area contributed by atoms with Crippen molar-refractivity contribution in [3.63, 3.8) is 0 Å². The lowest BCUT2D eigenvalue weighted by Crippen LogP contribution is -2.41. The maximum Gasteiger partial charge on any atom is 0.416 e. The largest absolute Gasteiger partial charge is 0.443 e. The summed E-state index contributed by atoms with van der Waals surface area (Å²) in [6.07, 6.45) is 6.49. The second kappa shape index (κ2) is 8.85. The zero-order valence-electron chi connectivity index (χ0n) is 17.3. The monoisotopic (exact) mass is 361 g/mol. The van der Waals surface area contributed by atoms with Gasteiger partial charge in [-0.1, -0.05) is 19.4 Å². The van der Waals surface area contributed by atoms with E-state index in [2.05, 4.69) is 22.9 Å². The molecule has 1 aliphatic rings. The smallest absolute Gasteiger partial charge is 0.416 e. The van der Waals surface area contributed by atoms with Crippen molar-refractivity contribution in [2.24, 2.45) is 0 Å². The number of piperidine rings is 1. The Bertz CT molecular complexity index is 576. The molecule has 1 fully saturated rings. The van der Waals surface area contributed by atoms with Gasteiger partial charge >= 0.3 is 6.09 Å². The first-order chi connectivity index (χ1) is 12.2. The molecule has 0 aliphatic carbocycles. The molecular weight excluding hydrogens is 326 g/mol. The van der Waals surface area contributed by atoms with Crippen molar-refractivity contribution in [1.29, 1.82) is 0 Å². The van der Waals surface area contributed by atoms with Crippen molar-refractivity contribution in [2.75, 3.05) is 18.0 Å². The molecule has 5 nitrogen and oxygen atoms in total. The van der Waals surface area contributed by atoms with E-state index in [-0.39, 0.29) is 12.1 Å². The van der Waals surface area contributed by atoms with Crippen LogP contribution in [0.4, 0.5) is 10.6 Å². The van der Waals surface area contributed by atoms with Gasteiger partial charge in [-0.25, -0.2) is 9.78 Å². The highest BCUT2D eigenvalue weighted by Gasteiger charge is 2.27. The van der Waals surface area contributed by atoms with Crippen molar-refractivity contribution in [3.8, 4) is 0 Å². The fourth-order valence-corrected chi connectivity index (χ4v) is 3.54. The van der Waals surface area contributed by atoms with Gasteiger partial charge in [-0.05, 0) is 78.6 Å². The second-order valence-corrected chi connectivity index (χ2v) is 8.44. The van der Waals surface area contributed by atoms with E-state index >= 15 is 0 Å². The molecule has 1 aromatic heterocycles. The standard InChI is InChI=1S/C21H35N3O2/c1-7-13-23-14-9-8-10-18(23)17-11-12-19(22-15-17)24(16(2)3)20(25)26-21(4,5)6/h11-12,15-16,18H,7-10,13-14H2,1-6H3/t18-/m1/s1. The number of ether oxygens (including phenoxy) is 1.